The molecule has 6 heteroatoms. The van der Waals surface area contributed by atoms with Gasteiger partial charge in [-0.1, -0.05) is 30.3 Å². The number of esters is 1. The van der Waals surface area contributed by atoms with Crippen LogP contribution < -0.4 is 5.76 Å². The number of ether oxygens (including phenoxy) is 1. The van der Waals surface area contributed by atoms with Crippen LogP contribution in [0.4, 0.5) is 0 Å². The summed E-state index contributed by atoms with van der Waals surface area (Å²) in [5.74, 6) is -1.21. The molecule has 0 bridgehead atoms. The summed E-state index contributed by atoms with van der Waals surface area (Å²) in [6.07, 6.45) is 1.53. The predicted molar refractivity (Wildman–Crippen MR) is 74.9 cm³/mol. The van der Waals surface area contributed by atoms with E-state index in [1.807, 2.05) is 6.07 Å². The normalized spacial score (nSPS) is 12.2. The minimum atomic E-state index is -0.931. The van der Waals surface area contributed by atoms with Gasteiger partial charge in [0.1, 0.15) is 0 Å². The molecule has 0 fully saturated rings. The molecule has 3 rings (SSSR count). The van der Waals surface area contributed by atoms with Crippen LogP contribution in [0.2, 0.25) is 0 Å². The number of rotatable bonds is 3. The van der Waals surface area contributed by atoms with Gasteiger partial charge in [-0.25, -0.2) is 19.1 Å². The first-order chi connectivity index (χ1) is 10.2. The van der Waals surface area contributed by atoms with Crippen molar-refractivity contribution in [1.82, 2.24) is 9.55 Å². The molecule has 0 saturated carbocycles. The van der Waals surface area contributed by atoms with Crippen molar-refractivity contribution >= 4 is 17.2 Å². The topological polar surface area (TPSA) is 74.3 Å². The molecule has 6 nitrogen and oxygen atoms in total. The molecule has 1 unspecified atom stereocenters. The Kier molecular flexibility index (Phi) is 3.27. The molecule has 0 N–H and O–H groups in total. The van der Waals surface area contributed by atoms with E-state index >= 15 is 0 Å². The number of hydrogen-bond donors (Lipinski definition) is 0. The van der Waals surface area contributed by atoms with Gasteiger partial charge in [-0.05, 0) is 17.7 Å². The summed E-state index contributed by atoms with van der Waals surface area (Å²) in [7, 11) is 1.28. The van der Waals surface area contributed by atoms with Gasteiger partial charge in [0.15, 0.2) is 17.3 Å². The van der Waals surface area contributed by atoms with Crippen molar-refractivity contribution in [2.75, 3.05) is 7.11 Å². The first-order valence-corrected chi connectivity index (χ1v) is 6.31. The fraction of sp³-hybridized carbons (Fsp3) is 0.133. The summed E-state index contributed by atoms with van der Waals surface area (Å²) >= 11 is 0. The molecule has 106 valence electrons. The zero-order chi connectivity index (χ0) is 14.8. The lowest BCUT2D eigenvalue weighted by Gasteiger charge is -2.15. The lowest BCUT2D eigenvalue weighted by molar-refractivity contribution is -0.143. The summed E-state index contributed by atoms with van der Waals surface area (Å²) in [6, 6.07) is 11.2. The summed E-state index contributed by atoms with van der Waals surface area (Å²) in [5.41, 5.74) is 1.26. The Bertz CT molecular complexity index is 836. The highest BCUT2D eigenvalue weighted by molar-refractivity contribution is 5.80. The first kappa shape index (κ1) is 13.1. The van der Waals surface area contributed by atoms with Crippen LogP contribution in [0.3, 0.4) is 0 Å². The quantitative estimate of drug-likeness (QED) is 0.685. The Labute approximate surface area is 119 Å². The maximum Gasteiger partial charge on any atom is 0.422 e. The van der Waals surface area contributed by atoms with Gasteiger partial charge in [0, 0.05) is 6.20 Å². The summed E-state index contributed by atoms with van der Waals surface area (Å²) in [5, 5.41) is 0. The molecule has 0 radical (unpaired) electrons. The number of nitrogens with zero attached hydrogens (tertiary/aromatic N) is 2. The molecule has 1 aromatic carbocycles. The van der Waals surface area contributed by atoms with E-state index in [0.29, 0.717) is 16.8 Å². The largest absolute Gasteiger partial charge is 0.467 e. The van der Waals surface area contributed by atoms with Gasteiger partial charge in [0.2, 0.25) is 0 Å². The standard InChI is InChI=1S/C15H12N2O4/c1-20-14(18)12(10-6-3-2-4-7-10)17-13-11(21-15(17)19)8-5-9-16-13/h2-9,12H,1H3. The highest BCUT2D eigenvalue weighted by atomic mass is 16.5. The Morgan fingerprint density at radius 3 is 2.71 bits per heavy atom. The molecule has 0 saturated heterocycles. The maximum absolute atomic E-state index is 12.2. The van der Waals surface area contributed by atoms with Gasteiger partial charge in [-0.3, -0.25) is 0 Å². The number of pyridine rings is 1. The van der Waals surface area contributed by atoms with Crippen LogP contribution >= 0.6 is 0 Å². The Morgan fingerprint density at radius 1 is 1.24 bits per heavy atom. The van der Waals surface area contributed by atoms with Gasteiger partial charge >= 0.3 is 11.7 Å². The minimum Gasteiger partial charge on any atom is -0.467 e. The van der Waals surface area contributed by atoms with Crippen molar-refractivity contribution in [3.05, 3.63) is 64.8 Å². The molecule has 0 aliphatic rings. The highest BCUT2D eigenvalue weighted by Crippen LogP contribution is 2.22. The average molecular weight is 284 g/mol. The van der Waals surface area contributed by atoms with E-state index in [9.17, 15) is 9.59 Å². The number of oxazole rings is 1. The zero-order valence-electron chi connectivity index (χ0n) is 11.2. The van der Waals surface area contributed by atoms with Crippen LogP contribution in [0.15, 0.2) is 57.9 Å². The van der Waals surface area contributed by atoms with Gasteiger partial charge < -0.3 is 9.15 Å². The van der Waals surface area contributed by atoms with E-state index < -0.39 is 17.8 Å². The van der Waals surface area contributed by atoms with Crippen molar-refractivity contribution in [3.63, 3.8) is 0 Å². The lowest BCUT2D eigenvalue weighted by atomic mass is 10.1. The summed E-state index contributed by atoms with van der Waals surface area (Å²) in [6.45, 7) is 0. The number of aromatic nitrogens is 2. The Balaban J connectivity index is 2.27. The van der Waals surface area contributed by atoms with Crippen LogP contribution in [0.25, 0.3) is 11.2 Å². The molecule has 0 amide bonds. The van der Waals surface area contributed by atoms with Crippen molar-refractivity contribution in [2.24, 2.45) is 0 Å². The summed E-state index contributed by atoms with van der Waals surface area (Å²) in [4.78, 5) is 28.4. The fourth-order valence-corrected chi connectivity index (χ4v) is 2.24. The lowest BCUT2D eigenvalue weighted by Crippen LogP contribution is -2.29. The monoisotopic (exact) mass is 284 g/mol. The van der Waals surface area contributed by atoms with E-state index in [0.717, 1.165) is 0 Å². The highest BCUT2D eigenvalue weighted by Gasteiger charge is 2.28. The van der Waals surface area contributed by atoms with Crippen molar-refractivity contribution in [2.45, 2.75) is 6.04 Å². The molecule has 1 atom stereocenters. The SMILES string of the molecule is COC(=O)C(c1ccccc1)n1c(=O)oc2cccnc21. The third-order valence-electron chi connectivity index (χ3n) is 3.17. The molecule has 3 aromatic rings. The average Bonchev–Trinajstić information content (AvgIpc) is 2.85. The van der Waals surface area contributed by atoms with Crippen LogP contribution in [0, 0.1) is 0 Å². The Morgan fingerprint density at radius 2 is 2.00 bits per heavy atom. The second-order valence-electron chi connectivity index (χ2n) is 4.40. The smallest absolute Gasteiger partial charge is 0.422 e. The van der Waals surface area contributed by atoms with Crippen molar-refractivity contribution in [3.8, 4) is 0 Å². The van der Waals surface area contributed by atoms with Gasteiger partial charge in [-0.15, -0.1) is 0 Å². The number of carbonyl (C=O) groups excluding carboxylic acids is 1. The number of methoxy groups -OCH3 is 1. The van der Waals surface area contributed by atoms with Gasteiger partial charge in [0.25, 0.3) is 0 Å². The third kappa shape index (κ3) is 2.20. The van der Waals surface area contributed by atoms with Crippen LogP contribution in [0.5, 0.6) is 0 Å². The minimum absolute atomic E-state index is 0.307. The molecule has 2 aromatic heterocycles. The molecule has 0 aliphatic carbocycles. The fourth-order valence-electron chi connectivity index (χ4n) is 2.24. The van der Waals surface area contributed by atoms with Crippen molar-refractivity contribution in [1.29, 1.82) is 0 Å². The Hall–Kier alpha value is -2.89. The number of carbonyl (C=O) groups is 1. The third-order valence-corrected chi connectivity index (χ3v) is 3.17. The molecule has 2 heterocycles. The molecule has 0 aliphatic heterocycles. The van der Waals surface area contributed by atoms with E-state index in [-0.39, 0.29) is 0 Å². The molecule has 0 spiro atoms. The number of fused-ring (bicyclic) bond motifs is 1. The summed E-state index contributed by atoms with van der Waals surface area (Å²) < 4.78 is 11.2. The number of hydrogen-bond acceptors (Lipinski definition) is 5. The molecular formula is C15H12N2O4. The zero-order valence-corrected chi connectivity index (χ0v) is 11.2. The van der Waals surface area contributed by atoms with E-state index in [2.05, 4.69) is 4.98 Å². The van der Waals surface area contributed by atoms with E-state index in [1.54, 1.807) is 36.4 Å². The number of benzene rings is 1. The van der Waals surface area contributed by atoms with Crippen LogP contribution in [0.1, 0.15) is 11.6 Å². The second-order valence-corrected chi connectivity index (χ2v) is 4.40. The second kappa shape index (κ2) is 5.24. The van der Waals surface area contributed by atoms with Crippen LogP contribution in [-0.2, 0) is 9.53 Å². The molecule has 21 heavy (non-hydrogen) atoms. The van der Waals surface area contributed by atoms with E-state index in [4.69, 9.17) is 9.15 Å². The van der Waals surface area contributed by atoms with Crippen LogP contribution in [-0.4, -0.2) is 22.6 Å². The predicted octanol–water partition coefficient (Wildman–Crippen LogP) is 1.75. The first-order valence-electron chi connectivity index (χ1n) is 6.31. The van der Waals surface area contributed by atoms with E-state index in [1.165, 1.54) is 17.9 Å². The van der Waals surface area contributed by atoms with Gasteiger partial charge in [-0.2, -0.15) is 0 Å². The molecular weight excluding hydrogens is 272 g/mol. The maximum atomic E-state index is 12.2. The van der Waals surface area contributed by atoms with Gasteiger partial charge in [0.05, 0.1) is 7.11 Å². The van der Waals surface area contributed by atoms with Crippen molar-refractivity contribution < 1.29 is 13.9 Å².